The molecule has 0 bridgehead atoms. The summed E-state index contributed by atoms with van der Waals surface area (Å²) in [6.45, 7) is 3.43. The van der Waals surface area contributed by atoms with Crippen molar-refractivity contribution in [3.8, 4) is 0 Å². The number of carbonyl (C=O) groups excluding carboxylic acids is 2. The van der Waals surface area contributed by atoms with Crippen LogP contribution in [0.2, 0.25) is 0 Å². The number of carbonyl (C=O) groups is 2. The second-order valence-electron chi connectivity index (χ2n) is 12.7. The van der Waals surface area contributed by atoms with Gasteiger partial charge in [0.2, 0.25) is 0 Å². The number of allylic oxidation sites excluding steroid dienone is 14. The van der Waals surface area contributed by atoms with Crippen molar-refractivity contribution in [3.63, 3.8) is 0 Å². The zero-order valence-electron chi connectivity index (χ0n) is 33.0. The van der Waals surface area contributed by atoms with Crippen molar-refractivity contribution >= 4 is 19.8 Å². The van der Waals surface area contributed by atoms with Crippen LogP contribution in [0.25, 0.3) is 0 Å². The maximum Gasteiger partial charge on any atom is 0.472 e. The van der Waals surface area contributed by atoms with Crippen molar-refractivity contribution in [1.82, 2.24) is 0 Å². The molecule has 0 amide bonds. The molecule has 0 saturated carbocycles. The van der Waals surface area contributed by atoms with E-state index in [0.29, 0.717) is 12.8 Å². The molecule has 0 fully saturated rings. The first-order valence-corrected chi connectivity index (χ1v) is 21.6. The fraction of sp³-hybridized carbons (Fsp3) is 0.628. The number of hydrogen-bond acceptors (Lipinski definition) is 8. The first kappa shape index (κ1) is 50.2. The molecule has 53 heavy (non-hydrogen) atoms. The van der Waals surface area contributed by atoms with Gasteiger partial charge in [-0.25, -0.2) is 4.57 Å². The lowest BCUT2D eigenvalue weighted by atomic mass is 10.1. The molecule has 0 aromatic rings. The molecule has 3 N–H and O–H groups in total. The minimum Gasteiger partial charge on any atom is -0.462 e. The molecule has 0 spiro atoms. The summed E-state index contributed by atoms with van der Waals surface area (Å²) in [5.41, 5.74) is 5.33. The van der Waals surface area contributed by atoms with Crippen LogP contribution < -0.4 is 5.73 Å². The standard InChI is InChI=1S/C43H72NO8P/c1-3-5-7-9-11-13-15-17-19-20-22-24-26-28-30-32-34-36-43(46)52-41(40-51-53(47,48)50-38-37-44)39-49-42(45)35-33-31-29-27-25-23-21-18-16-14-12-10-8-6-4-2/h5-8,11-14,17-19,21-22,24,41H,3-4,9-10,15-16,20,23,25-40,44H2,1-2H3,(H,47,48). The third-order valence-corrected chi connectivity index (χ3v) is 8.76. The van der Waals surface area contributed by atoms with Gasteiger partial charge in [0.1, 0.15) is 6.61 Å². The second kappa shape index (κ2) is 38.9. The lowest BCUT2D eigenvalue weighted by Gasteiger charge is -2.19. The van der Waals surface area contributed by atoms with Gasteiger partial charge < -0.3 is 20.1 Å². The van der Waals surface area contributed by atoms with Gasteiger partial charge >= 0.3 is 19.8 Å². The molecular formula is C43H72NO8P. The van der Waals surface area contributed by atoms with Gasteiger partial charge in [0.25, 0.3) is 0 Å². The molecule has 2 unspecified atom stereocenters. The van der Waals surface area contributed by atoms with Crippen LogP contribution in [0.4, 0.5) is 0 Å². The van der Waals surface area contributed by atoms with E-state index in [0.717, 1.165) is 103 Å². The molecular weight excluding hydrogens is 689 g/mol. The van der Waals surface area contributed by atoms with E-state index in [9.17, 15) is 19.0 Å². The SMILES string of the molecule is CCC=CCC=CCC=CCC=CCCCCCCC(=O)OC(COC(=O)CCCCCCCC=CCC=CCC=CCC)COP(=O)(O)OCCN. The summed E-state index contributed by atoms with van der Waals surface area (Å²) < 4.78 is 32.7. The number of phosphoric ester groups is 1. The Morgan fingerprint density at radius 2 is 0.981 bits per heavy atom. The number of phosphoric acid groups is 1. The van der Waals surface area contributed by atoms with Crippen LogP contribution in [-0.4, -0.2) is 49.3 Å². The molecule has 0 aromatic carbocycles. The fourth-order valence-corrected chi connectivity index (χ4v) is 5.64. The summed E-state index contributed by atoms with van der Waals surface area (Å²) in [7, 11) is -4.39. The van der Waals surface area contributed by atoms with Crippen LogP contribution >= 0.6 is 7.82 Å². The Kier molecular flexibility index (Phi) is 36.8. The van der Waals surface area contributed by atoms with Gasteiger partial charge in [0, 0.05) is 19.4 Å². The van der Waals surface area contributed by atoms with E-state index in [1.165, 1.54) is 0 Å². The Morgan fingerprint density at radius 1 is 0.566 bits per heavy atom. The fourth-order valence-electron chi connectivity index (χ4n) is 4.87. The molecule has 10 heteroatoms. The summed E-state index contributed by atoms with van der Waals surface area (Å²) in [4.78, 5) is 34.8. The molecule has 0 aliphatic heterocycles. The zero-order chi connectivity index (χ0) is 38.9. The highest BCUT2D eigenvalue weighted by atomic mass is 31.2. The first-order valence-electron chi connectivity index (χ1n) is 20.1. The lowest BCUT2D eigenvalue weighted by molar-refractivity contribution is -0.161. The molecule has 0 aliphatic carbocycles. The van der Waals surface area contributed by atoms with Gasteiger partial charge in [-0.2, -0.15) is 0 Å². The average Bonchev–Trinajstić information content (AvgIpc) is 3.14. The Morgan fingerprint density at radius 3 is 1.45 bits per heavy atom. The van der Waals surface area contributed by atoms with Crippen molar-refractivity contribution in [2.75, 3.05) is 26.4 Å². The molecule has 0 rings (SSSR count). The molecule has 0 aromatic heterocycles. The first-order chi connectivity index (χ1) is 25.8. The molecule has 0 aliphatic rings. The quantitative estimate of drug-likeness (QED) is 0.0277. The van der Waals surface area contributed by atoms with Crippen molar-refractivity contribution in [2.24, 2.45) is 5.73 Å². The number of unbranched alkanes of at least 4 members (excludes halogenated alkanes) is 9. The van der Waals surface area contributed by atoms with Gasteiger partial charge in [0.15, 0.2) is 6.10 Å². The Bertz CT molecular complexity index is 1140. The van der Waals surface area contributed by atoms with Crippen molar-refractivity contribution in [2.45, 2.75) is 148 Å². The van der Waals surface area contributed by atoms with Crippen molar-refractivity contribution < 1.29 is 37.6 Å². The van der Waals surface area contributed by atoms with Gasteiger partial charge in [-0.15, -0.1) is 0 Å². The van der Waals surface area contributed by atoms with E-state index in [-0.39, 0.29) is 32.6 Å². The maximum atomic E-state index is 12.6. The number of rotatable bonds is 36. The van der Waals surface area contributed by atoms with E-state index >= 15 is 0 Å². The van der Waals surface area contributed by atoms with Gasteiger partial charge in [-0.3, -0.25) is 18.6 Å². The van der Waals surface area contributed by atoms with Crippen molar-refractivity contribution in [1.29, 1.82) is 0 Å². The summed E-state index contributed by atoms with van der Waals surface area (Å²) in [6.07, 6.45) is 47.5. The smallest absolute Gasteiger partial charge is 0.462 e. The molecule has 2 atom stereocenters. The van der Waals surface area contributed by atoms with Crippen molar-refractivity contribution in [3.05, 3.63) is 85.1 Å². The van der Waals surface area contributed by atoms with Crippen LogP contribution in [0.3, 0.4) is 0 Å². The minimum absolute atomic E-state index is 0.0415. The summed E-state index contributed by atoms with van der Waals surface area (Å²) in [6, 6.07) is 0. The zero-order valence-corrected chi connectivity index (χ0v) is 33.9. The number of esters is 2. The van der Waals surface area contributed by atoms with Crippen LogP contribution in [-0.2, 0) is 32.7 Å². The predicted octanol–water partition coefficient (Wildman–Crippen LogP) is 11.3. The Labute approximate surface area is 322 Å². The lowest BCUT2D eigenvalue weighted by Crippen LogP contribution is -2.29. The summed E-state index contributed by atoms with van der Waals surface area (Å²) in [5, 5.41) is 0. The number of hydrogen-bond donors (Lipinski definition) is 2. The maximum absolute atomic E-state index is 12.6. The van der Waals surface area contributed by atoms with Crippen LogP contribution in [0, 0.1) is 0 Å². The van der Waals surface area contributed by atoms with E-state index in [4.69, 9.17) is 24.3 Å². The molecule has 0 radical (unpaired) electrons. The molecule has 302 valence electrons. The minimum atomic E-state index is -4.39. The topological polar surface area (TPSA) is 134 Å². The highest BCUT2D eigenvalue weighted by Crippen LogP contribution is 2.43. The highest BCUT2D eigenvalue weighted by molar-refractivity contribution is 7.47. The monoisotopic (exact) mass is 761 g/mol. The van der Waals surface area contributed by atoms with Gasteiger partial charge in [-0.05, 0) is 83.5 Å². The molecule has 0 heterocycles. The van der Waals surface area contributed by atoms with Crippen LogP contribution in [0.1, 0.15) is 142 Å². The van der Waals surface area contributed by atoms with Gasteiger partial charge in [0.05, 0.1) is 13.2 Å². The third kappa shape index (κ3) is 38.7. The van der Waals surface area contributed by atoms with E-state index in [1.807, 2.05) is 0 Å². The highest BCUT2D eigenvalue weighted by Gasteiger charge is 2.25. The number of ether oxygens (including phenoxy) is 2. The average molecular weight is 762 g/mol. The van der Waals surface area contributed by atoms with E-state index < -0.39 is 32.5 Å². The van der Waals surface area contributed by atoms with E-state index in [1.54, 1.807) is 0 Å². The molecule has 9 nitrogen and oxygen atoms in total. The van der Waals surface area contributed by atoms with Gasteiger partial charge in [-0.1, -0.05) is 131 Å². The second-order valence-corrected chi connectivity index (χ2v) is 14.2. The largest absolute Gasteiger partial charge is 0.472 e. The van der Waals surface area contributed by atoms with Crippen LogP contribution in [0.15, 0.2) is 85.1 Å². The predicted molar refractivity (Wildman–Crippen MR) is 219 cm³/mol. The normalized spacial score (nSPS) is 14.3. The Hall–Kier alpha value is -2.81. The van der Waals surface area contributed by atoms with E-state index in [2.05, 4.69) is 98.9 Å². The summed E-state index contributed by atoms with van der Waals surface area (Å²) >= 11 is 0. The summed E-state index contributed by atoms with van der Waals surface area (Å²) in [5.74, 6) is -0.887. The Balaban J connectivity index is 4.29. The van der Waals surface area contributed by atoms with Crippen LogP contribution in [0.5, 0.6) is 0 Å². The number of nitrogens with two attached hydrogens (primary N) is 1. The third-order valence-electron chi connectivity index (χ3n) is 7.78. The molecule has 0 saturated heterocycles.